The van der Waals surface area contributed by atoms with Gasteiger partial charge in [0.2, 0.25) is 11.8 Å². The maximum atomic E-state index is 13.0. The van der Waals surface area contributed by atoms with Crippen LogP contribution in [0.2, 0.25) is 0 Å². The number of nitrogens with two attached hydrogens (primary N) is 1. The Labute approximate surface area is 171 Å². The number of rotatable bonds is 6. The smallest absolute Gasteiger partial charge is 0.228 e. The number of nitrogens with zero attached hydrogens (tertiary/aromatic N) is 2. The van der Waals surface area contributed by atoms with Crippen molar-refractivity contribution in [3.8, 4) is 0 Å². The molecule has 2 aromatic rings. The van der Waals surface area contributed by atoms with Gasteiger partial charge >= 0.3 is 0 Å². The summed E-state index contributed by atoms with van der Waals surface area (Å²) in [7, 11) is 0. The number of benzene rings is 2. The minimum absolute atomic E-state index is 0.0275. The molecule has 2 saturated heterocycles. The van der Waals surface area contributed by atoms with E-state index in [-0.39, 0.29) is 30.3 Å². The van der Waals surface area contributed by atoms with Gasteiger partial charge in [-0.2, -0.15) is 0 Å². The number of carbonyl (C=O) groups excluding carboxylic acids is 2. The second-order valence-electron chi connectivity index (χ2n) is 7.94. The van der Waals surface area contributed by atoms with Gasteiger partial charge in [-0.3, -0.25) is 9.59 Å². The second-order valence-corrected chi connectivity index (χ2v) is 7.94. The highest BCUT2D eigenvalue weighted by molar-refractivity contribution is 6.07. The van der Waals surface area contributed by atoms with E-state index in [2.05, 4.69) is 0 Å². The van der Waals surface area contributed by atoms with Crippen LogP contribution in [0.25, 0.3) is 10.8 Å². The molecule has 0 spiro atoms. The van der Waals surface area contributed by atoms with Crippen molar-refractivity contribution in [2.75, 3.05) is 37.7 Å². The van der Waals surface area contributed by atoms with Crippen LogP contribution in [0.1, 0.15) is 25.7 Å². The van der Waals surface area contributed by atoms with Crippen LogP contribution in [0.15, 0.2) is 42.5 Å². The Morgan fingerprint density at radius 3 is 2.66 bits per heavy atom. The van der Waals surface area contributed by atoms with Gasteiger partial charge < -0.3 is 20.3 Å². The van der Waals surface area contributed by atoms with Gasteiger partial charge in [-0.05, 0) is 37.3 Å². The molecule has 2 amide bonds. The molecular weight excluding hydrogens is 366 g/mol. The number of anilines is 1. The molecule has 1 unspecified atom stereocenters. The van der Waals surface area contributed by atoms with Gasteiger partial charge in [-0.15, -0.1) is 0 Å². The van der Waals surface area contributed by atoms with E-state index in [9.17, 15) is 9.59 Å². The van der Waals surface area contributed by atoms with Crippen LogP contribution >= 0.6 is 0 Å². The average Bonchev–Trinajstić information content (AvgIpc) is 3.15. The molecule has 0 aromatic heterocycles. The molecule has 2 heterocycles. The third-order valence-corrected chi connectivity index (χ3v) is 5.99. The van der Waals surface area contributed by atoms with Crippen molar-refractivity contribution in [2.45, 2.75) is 31.8 Å². The lowest BCUT2D eigenvalue weighted by atomic mass is 10.0. The fraction of sp³-hybridized carbons (Fsp3) is 0.478. The molecular formula is C23H29N3O3. The normalized spacial score (nSPS) is 20.6. The minimum atomic E-state index is -0.267. The van der Waals surface area contributed by atoms with E-state index in [1.807, 2.05) is 47.4 Å². The first-order valence-electron chi connectivity index (χ1n) is 10.6. The molecule has 2 N–H and O–H groups in total. The van der Waals surface area contributed by atoms with Gasteiger partial charge in [0, 0.05) is 38.0 Å². The first-order valence-corrected chi connectivity index (χ1v) is 10.6. The highest BCUT2D eigenvalue weighted by Crippen LogP contribution is 2.32. The standard InChI is InChI=1S/C23H29N3O3/c24-11-4-14-29-19-9-12-25(13-10-19)23(28)18-15-22(27)26(16-18)21-8-3-6-17-5-1-2-7-20(17)21/h1-3,5-8,18-19H,4,9-16,24H2. The van der Waals surface area contributed by atoms with Crippen molar-refractivity contribution in [1.82, 2.24) is 4.90 Å². The summed E-state index contributed by atoms with van der Waals surface area (Å²) >= 11 is 0. The van der Waals surface area contributed by atoms with E-state index in [0.717, 1.165) is 35.7 Å². The summed E-state index contributed by atoms with van der Waals surface area (Å²) in [6.45, 7) is 3.18. The molecule has 2 fully saturated rings. The molecule has 2 aliphatic heterocycles. The first-order chi connectivity index (χ1) is 14.2. The summed E-state index contributed by atoms with van der Waals surface area (Å²) < 4.78 is 5.83. The average molecular weight is 396 g/mol. The van der Waals surface area contributed by atoms with Gasteiger partial charge in [0.05, 0.1) is 17.7 Å². The zero-order valence-electron chi connectivity index (χ0n) is 16.8. The van der Waals surface area contributed by atoms with E-state index in [1.165, 1.54) is 0 Å². The molecule has 154 valence electrons. The van der Waals surface area contributed by atoms with Gasteiger partial charge in [0.25, 0.3) is 0 Å². The molecule has 2 aliphatic rings. The van der Waals surface area contributed by atoms with Crippen molar-refractivity contribution >= 4 is 28.3 Å². The van der Waals surface area contributed by atoms with Crippen LogP contribution in [0.3, 0.4) is 0 Å². The third kappa shape index (κ3) is 4.28. The predicted molar refractivity (Wildman–Crippen MR) is 114 cm³/mol. The van der Waals surface area contributed by atoms with Crippen LogP contribution in [0.5, 0.6) is 0 Å². The summed E-state index contributed by atoms with van der Waals surface area (Å²) in [5, 5.41) is 2.15. The molecule has 0 bridgehead atoms. The molecule has 29 heavy (non-hydrogen) atoms. The number of carbonyl (C=O) groups is 2. The molecule has 4 rings (SSSR count). The first kappa shape index (κ1) is 19.9. The zero-order valence-corrected chi connectivity index (χ0v) is 16.8. The number of ether oxygens (including phenoxy) is 1. The zero-order chi connectivity index (χ0) is 20.2. The number of piperidine rings is 1. The maximum Gasteiger partial charge on any atom is 0.228 e. The Kier molecular flexibility index (Phi) is 6.11. The number of hydrogen-bond acceptors (Lipinski definition) is 4. The highest BCUT2D eigenvalue weighted by atomic mass is 16.5. The fourth-order valence-electron chi connectivity index (χ4n) is 4.38. The molecule has 6 nitrogen and oxygen atoms in total. The number of amides is 2. The fourth-order valence-corrected chi connectivity index (χ4v) is 4.38. The maximum absolute atomic E-state index is 13.0. The summed E-state index contributed by atoms with van der Waals surface area (Å²) in [5.74, 6) is -0.141. The van der Waals surface area contributed by atoms with E-state index >= 15 is 0 Å². The summed E-state index contributed by atoms with van der Waals surface area (Å²) in [5.41, 5.74) is 6.40. The topological polar surface area (TPSA) is 75.9 Å². The van der Waals surface area contributed by atoms with Crippen molar-refractivity contribution < 1.29 is 14.3 Å². The van der Waals surface area contributed by atoms with Crippen molar-refractivity contribution in [1.29, 1.82) is 0 Å². The second kappa shape index (κ2) is 8.93. The number of hydrogen-bond donors (Lipinski definition) is 1. The van der Waals surface area contributed by atoms with E-state index in [4.69, 9.17) is 10.5 Å². The number of fused-ring (bicyclic) bond motifs is 1. The quantitative estimate of drug-likeness (QED) is 0.763. The third-order valence-electron chi connectivity index (χ3n) is 5.99. The SMILES string of the molecule is NCCCOC1CCN(C(=O)C2CC(=O)N(c3cccc4ccccc34)C2)CC1. The lowest BCUT2D eigenvalue weighted by Gasteiger charge is -2.33. The minimum Gasteiger partial charge on any atom is -0.378 e. The molecule has 0 aliphatic carbocycles. The molecule has 2 aromatic carbocycles. The van der Waals surface area contributed by atoms with Gasteiger partial charge in [0.1, 0.15) is 0 Å². The van der Waals surface area contributed by atoms with E-state index in [1.54, 1.807) is 4.90 Å². The Bertz CT molecular complexity index is 871. The summed E-state index contributed by atoms with van der Waals surface area (Å²) in [6.07, 6.45) is 3.07. The Morgan fingerprint density at radius 2 is 1.86 bits per heavy atom. The molecule has 0 radical (unpaired) electrons. The summed E-state index contributed by atoms with van der Waals surface area (Å²) in [6, 6.07) is 14.0. The highest BCUT2D eigenvalue weighted by Gasteiger charge is 2.38. The van der Waals surface area contributed by atoms with Crippen LogP contribution < -0.4 is 10.6 Å². The lowest BCUT2D eigenvalue weighted by molar-refractivity contribution is -0.138. The van der Waals surface area contributed by atoms with Crippen LogP contribution in [-0.2, 0) is 14.3 Å². The van der Waals surface area contributed by atoms with Crippen LogP contribution in [-0.4, -0.2) is 55.6 Å². The number of likely N-dealkylation sites (tertiary alicyclic amines) is 1. The van der Waals surface area contributed by atoms with Gasteiger partial charge in [-0.1, -0.05) is 36.4 Å². The molecule has 1 atom stereocenters. The van der Waals surface area contributed by atoms with Crippen molar-refractivity contribution in [3.63, 3.8) is 0 Å². The monoisotopic (exact) mass is 395 g/mol. The molecule has 6 heteroatoms. The molecule has 0 saturated carbocycles. The lowest BCUT2D eigenvalue weighted by Crippen LogP contribution is -2.44. The van der Waals surface area contributed by atoms with Crippen LogP contribution in [0, 0.1) is 5.92 Å². The largest absolute Gasteiger partial charge is 0.378 e. The predicted octanol–water partition coefficient (Wildman–Crippen LogP) is 2.55. The van der Waals surface area contributed by atoms with Gasteiger partial charge in [-0.25, -0.2) is 0 Å². The van der Waals surface area contributed by atoms with Crippen LogP contribution in [0.4, 0.5) is 5.69 Å². The van der Waals surface area contributed by atoms with E-state index < -0.39 is 0 Å². The summed E-state index contributed by atoms with van der Waals surface area (Å²) in [4.78, 5) is 29.5. The Morgan fingerprint density at radius 1 is 1.10 bits per heavy atom. The van der Waals surface area contributed by atoms with E-state index in [0.29, 0.717) is 32.8 Å². The Hall–Kier alpha value is -2.44. The van der Waals surface area contributed by atoms with Crippen molar-refractivity contribution in [2.24, 2.45) is 11.7 Å². The van der Waals surface area contributed by atoms with Gasteiger partial charge in [0.15, 0.2) is 0 Å². The Balaban J connectivity index is 1.39. The van der Waals surface area contributed by atoms with Crippen molar-refractivity contribution in [3.05, 3.63) is 42.5 Å².